The maximum absolute atomic E-state index is 11.4. The molecule has 0 spiro atoms. The van der Waals surface area contributed by atoms with Crippen molar-refractivity contribution < 1.29 is 8.95 Å². The molecule has 1 heterocycles. The first-order valence-electron chi connectivity index (χ1n) is 6.35. The molecule has 0 saturated heterocycles. The Hall–Kier alpha value is -1.98. The van der Waals surface area contributed by atoms with Crippen LogP contribution in [0.15, 0.2) is 64.3 Å². The fraction of sp³-hybridized carbons (Fsp3) is 0.0625. The van der Waals surface area contributed by atoms with E-state index in [1.54, 1.807) is 6.26 Å². The molecule has 0 fully saturated rings. The quantitative estimate of drug-likeness (QED) is 0.719. The maximum atomic E-state index is 11.4. The number of rotatable bonds is 4. The first-order chi connectivity index (χ1) is 10.2. The number of thiazole rings is 1. The molecule has 3 aromatic rings. The van der Waals surface area contributed by atoms with Crippen molar-refractivity contribution in [2.45, 2.75) is 4.34 Å². The van der Waals surface area contributed by atoms with E-state index in [-0.39, 0.29) is 0 Å². The van der Waals surface area contributed by atoms with Gasteiger partial charge in [0.25, 0.3) is 0 Å². The van der Waals surface area contributed by atoms with E-state index in [0.29, 0.717) is 4.34 Å². The second kappa shape index (κ2) is 6.20. The van der Waals surface area contributed by atoms with Crippen LogP contribution in [0.4, 0.5) is 0 Å². The highest BCUT2D eigenvalue weighted by molar-refractivity contribution is 7.86. The molecule has 0 radical (unpaired) electrons. The minimum atomic E-state index is -1.03. The van der Waals surface area contributed by atoms with E-state index in [2.05, 4.69) is 4.98 Å². The van der Waals surface area contributed by atoms with E-state index in [9.17, 15) is 4.21 Å². The van der Waals surface area contributed by atoms with E-state index in [0.717, 1.165) is 22.8 Å². The first kappa shape index (κ1) is 14.0. The van der Waals surface area contributed by atoms with Crippen LogP contribution in [0.5, 0.6) is 11.5 Å². The monoisotopic (exact) mass is 315 g/mol. The van der Waals surface area contributed by atoms with Crippen LogP contribution in [-0.2, 0) is 10.8 Å². The number of ether oxygens (including phenoxy) is 1. The molecule has 5 heteroatoms. The van der Waals surface area contributed by atoms with Gasteiger partial charge in [-0.1, -0.05) is 18.2 Å². The lowest BCUT2D eigenvalue weighted by Crippen LogP contribution is -1.86. The zero-order valence-electron chi connectivity index (χ0n) is 11.4. The van der Waals surface area contributed by atoms with Crippen LogP contribution in [0.3, 0.4) is 0 Å². The van der Waals surface area contributed by atoms with Gasteiger partial charge in [-0.2, -0.15) is 0 Å². The lowest BCUT2D eigenvalue weighted by atomic mass is 10.2. The van der Waals surface area contributed by atoms with Gasteiger partial charge >= 0.3 is 0 Å². The second-order valence-corrected chi connectivity index (χ2v) is 6.80. The molecule has 0 bridgehead atoms. The standard InChI is InChI=1S/C16H13NO2S2/c1-21(18)16-17-15(11-20-16)12-7-9-14(10-8-12)19-13-5-3-2-4-6-13/h2-11H,1H3. The van der Waals surface area contributed by atoms with Gasteiger partial charge in [-0.15, -0.1) is 11.3 Å². The molecule has 0 aliphatic heterocycles. The summed E-state index contributed by atoms with van der Waals surface area (Å²) in [6.45, 7) is 0. The Labute approximate surface area is 129 Å². The Morgan fingerprint density at radius 1 is 1.00 bits per heavy atom. The van der Waals surface area contributed by atoms with Crippen LogP contribution in [0, 0.1) is 0 Å². The smallest absolute Gasteiger partial charge is 0.180 e. The summed E-state index contributed by atoms with van der Waals surface area (Å²) in [7, 11) is -1.03. The fourth-order valence-electron chi connectivity index (χ4n) is 1.84. The van der Waals surface area contributed by atoms with E-state index in [4.69, 9.17) is 4.74 Å². The molecule has 2 aromatic carbocycles. The summed E-state index contributed by atoms with van der Waals surface area (Å²) in [4.78, 5) is 4.37. The molecule has 106 valence electrons. The predicted octanol–water partition coefficient (Wildman–Crippen LogP) is 4.34. The van der Waals surface area contributed by atoms with E-state index in [1.807, 2.05) is 60.0 Å². The summed E-state index contributed by atoms with van der Waals surface area (Å²) in [6.07, 6.45) is 1.64. The number of hydrogen-bond donors (Lipinski definition) is 0. The van der Waals surface area contributed by atoms with Gasteiger partial charge in [0.2, 0.25) is 0 Å². The van der Waals surface area contributed by atoms with Gasteiger partial charge in [0.1, 0.15) is 11.5 Å². The number of benzene rings is 2. The molecule has 3 rings (SSSR count). The molecule has 0 aliphatic rings. The number of para-hydroxylation sites is 1. The third kappa shape index (κ3) is 3.37. The summed E-state index contributed by atoms with van der Waals surface area (Å²) >= 11 is 1.42. The van der Waals surface area contributed by atoms with Crippen LogP contribution in [0.2, 0.25) is 0 Å². The molecule has 1 atom stereocenters. The minimum absolute atomic E-state index is 0.648. The molecule has 0 aliphatic carbocycles. The van der Waals surface area contributed by atoms with Crippen LogP contribution >= 0.6 is 11.3 Å². The topological polar surface area (TPSA) is 39.2 Å². The average molecular weight is 315 g/mol. The third-order valence-corrected chi connectivity index (χ3v) is 5.07. The van der Waals surface area contributed by atoms with Crippen molar-refractivity contribution in [2.75, 3.05) is 6.26 Å². The fourth-order valence-corrected chi connectivity index (χ4v) is 3.31. The molecule has 1 aromatic heterocycles. The summed E-state index contributed by atoms with van der Waals surface area (Å²) in [5.74, 6) is 1.59. The Morgan fingerprint density at radius 2 is 1.67 bits per heavy atom. The van der Waals surface area contributed by atoms with Gasteiger partial charge in [-0.05, 0) is 36.4 Å². The van der Waals surface area contributed by atoms with Gasteiger partial charge in [-0.3, -0.25) is 4.21 Å². The molecule has 0 amide bonds. The van der Waals surface area contributed by atoms with Crippen molar-refractivity contribution in [1.29, 1.82) is 0 Å². The maximum Gasteiger partial charge on any atom is 0.180 e. The normalized spacial score (nSPS) is 12.0. The van der Waals surface area contributed by atoms with Crippen molar-refractivity contribution in [3.05, 3.63) is 60.0 Å². The first-order valence-corrected chi connectivity index (χ1v) is 8.78. The summed E-state index contributed by atoms with van der Waals surface area (Å²) in [5, 5.41) is 1.92. The Balaban J connectivity index is 1.78. The van der Waals surface area contributed by atoms with Crippen LogP contribution in [-0.4, -0.2) is 15.4 Å². The van der Waals surface area contributed by atoms with E-state index >= 15 is 0 Å². The van der Waals surface area contributed by atoms with Crippen molar-refractivity contribution >= 4 is 22.1 Å². The molecule has 1 unspecified atom stereocenters. The van der Waals surface area contributed by atoms with Gasteiger partial charge < -0.3 is 4.74 Å². The highest BCUT2D eigenvalue weighted by Crippen LogP contribution is 2.27. The lowest BCUT2D eigenvalue weighted by Gasteiger charge is -2.05. The second-order valence-electron chi connectivity index (χ2n) is 4.39. The molecule has 3 nitrogen and oxygen atoms in total. The van der Waals surface area contributed by atoms with Crippen molar-refractivity contribution in [3.63, 3.8) is 0 Å². The molecular weight excluding hydrogens is 302 g/mol. The molecule has 21 heavy (non-hydrogen) atoms. The summed E-state index contributed by atoms with van der Waals surface area (Å²) in [6, 6.07) is 17.4. The minimum Gasteiger partial charge on any atom is -0.457 e. The van der Waals surface area contributed by atoms with Crippen molar-refractivity contribution in [1.82, 2.24) is 4.98 Å². The van der Waals surface area contributed by atoms with E-state index in [1.165, 1.54) is 11.3 Å². The summed E-state index contributed by atoms with van der Waals surface area (Å²) in [5.41, 5.74) is 1.83. The Bertz CT molecular complexity index is 751. The number of aromatic nitrogens is 1. The largest absolute Gasteiger partial charge is 0.457 e. The Morgan fingerprint density at radius 3 is 2.29 bits per heavy atom. The zero-order chi connectivity index (χ0) is 14.7. The predicted molar refractivity (Wildman–Crippen MR) is 86.4 cm³/mol. The Kier molecular flexibility index (Phi) is 4.13. The highest BCUT2D eigenvalue weighted by Gasteiger charge is 2.07. The number of nitrogens with zero attached hydrogens (tertiary/aromatic N) is 1. The van der Waals surface area contributed by atoms with Crippen molar-refractivity contribution in [2.24, 2.45) is 0 Å². The SMILES string of the molecule is CS(=O)c1nc(-c2ccc(Oc3ccccc3)cc2)cs1. The lowest BCUT2D eigenvalue weighted by molar-refractivity contribution is 0.483. The van der Waals surface area contributed by atoms with Crippen LogP contribution in [0.25, 0.3) is 11.3 Å². The van der Waals surface area contributed by atoms with Gasteiger partial charge in [0.15, 0.2) is 4.34 Å². The van der Waals surface area contributed by atoms with Crippen LogP contribution in [0.1, 0.15) is 0 Å². The molecule has 0 N–H and O–H groups in total. The van der Waals surface area contributed by atoms with Gasteiger partial charge in [-0.25, -0.2) is 4.98 Å². The van der Waals surface area contributed by atoms with Gasteiger partial charge in [0.05, 0.1) is 16.5 Å². The average Bonchev–Trinajstić information content (AvgIpc) is 2.99. The van der Waals surface area contributed by atoms with Gasteiger partial charge in [0, 0.05) is 17.2 Å². The number of hydrogen-bond acceptors (Lipinski definition) is 4. The van der Waals surface area contributed by atoms with Crippen LogP contribution < -0.4 is 4.74 Å². The molecule has 0 saturated carbocycles. The zero-order valence-corrected chi connectivity index (χ0v) is 13.0. The van der Waals surface area contributed by atoms with E-state index < -0.39 is 10.8 Å². The summed E-state index contributed by atoms with van der Waals surface area (Å²) < 4.78 is 17.8. The molecular formula is C16H13NO2S2. The third-order valence-electron chi connectivity index (χ3n) is 2.86. The van der Waals surface area contributed by atoms with Crippen molar-refractivity contribution in [3.8, 4) is 22.8 Å². The highest BCUT2D eigenvalue weighted by atomic mass is 32.2.